The van der Waals surface area contributed by atoms with Crippen LogP contribution >= 0.6 is 0 Å². The van der Waals surface area contributed by atoms with Crippen molar-refractivity contribution in [3.63, 3.8) is 0 Å². The van der Waals surface area contributed by atoms with Crippen molar-refractivity contribution in [3.05, 3.63) is 18.2 Å². The Bertz CT molecular complexity index is 403. The van der Waals surface area contributed by atoms with Gasteiger partial charge in [-0.3, -0.25) is 0 Å². The molecule has 0 aliphatic carbocycles. The number of esters is 1. The van der Waals surface area contributed by atoms with Crippen molar-refractivity contribution in [1.29, 1.82) is 0 Å². The number of carbonyl (C=O) groups is 1. The van der Waals surface area contributed by atoms with E-state index in [0.29, 0.717) is 17.2 Å². The van der Waals surface area contributed by atoms with Crippen molar-refractivity contribution in [2.45, 2.75) is 19.4 Å². The minimum absolute atomic E-state index is 0.454. The Hall–Kier alpha value is -1.91. The van der Waals surface area contributed by atoms with E-state index in [-0.39, 0.29) is 0 Å². The summed E-state index contributed by atoms with van der Waals surface area (Å²) in [6, 6.07) is 5.07. The molecule has 0 aliphatic heterocycles. The monoisotopic (exact) mass is 254 g/mol. The largest absolute Gasteiger partial charge is 0.496 e. The van der Waals surface area contributed by atoms with E-state index >= 15 is 0 Å². The maximum Gasteiger partial charge on any atom is 0.349 e. The molecule has 0 unspecified atom stereocenters. The minimum atomic E-state index is -1.08. The fourth-order valence-electron chi connectivity index (χ4n) is 1.42. The predicted octanol–water partition coefficient (Wildman–Crippen LogP) is 2.03. The van der Waals surface area contributed by atoms with Gasteiger partial charge < -0.3 is 18.9 Å². The van der Waals surface area contributed by atoms with Crippen LogP contribution in [0.3, 0.4) is 0 Å². The molecule has 0 amide bonds. The van der Waals surface area contributed by atoms with Gasteiger partial charge in [0.1, 0.15) is 17.2 Å². The molecule has 0 saturated heterocycles. The van der Waals surface area contributed by atoms with Crippen LogP contribution in [0.5, 0.6) is 17.2 Å². The second-order valence-corrected chi connectivity index (χ2v) is 4.15. The van der Waals surface area contributed by atoms with Crippen molar-refractivity contribution < 1.29 is 23.7 Å². The fraction of sp³-hybridized carbons (Fsp3) is 0.462. The lowest BCUT2D eigenvalue weighted by Gasteiger charge is -2.23. The lowest BCUT2D eigenvalue weighted by Crippen LogP contribution is -2.39. The van der Waals surface area contributed by atoms with Crippen molar-refractivity contribution in [1.82, 2.24) is 0 Å². The van der Waals surface area contributed by atoms with Crippen LogP contribution in [0.1, 0.15) is 13.8 Å². The number of hydrogen-bond donors (Lipinski definition) is 0. The van der Waals surface area contributed by atoms with Crippen molar-refractivity contribution in [2.24, 2.45) is 0 Å². The van der Waals surface area contributed by atoms with Gasteiger partial charge in [-0.25, -0.2) is 4.79 Å². The van der Waals surface area contributed by atoms with Crippen LogP contribution in [-0.2, 0) is 9.53 Å². The molecule has 0 radical (unpaired) electrons. The molecule has 1 aromatic carbocycles. The van der Waals surface area contributed by atoms with E-state index in [0.717, 1.165) is 0 Å². The lowest BCUT2D eigenvalue weighted by atomic mass is 10.1. The Kier molecular flexibility index (Phi) is 4.42. The topological polar surface area (TPSA) is 54.0 Å². The van der Waals surface area contributed by atoms with Crippen LogP contribution in [-0.4, -0.2) is 32.9 Å². The quantitative estimate of drug-likeness (QED) is 0.752. The van der Waals surface area contributed by atoms with Gasteiger partial charge in [0.25, 0.3) is 0 Å². The molecule has 0 fully saturated rings. The van der Waals surface area contributed by atoms with Gasteiger partial charge in [0.15, 0.2) is 5.60 Å². The molecule has 0 spiro atoms. The lowest BCUT2D eigenvalue weighted by molar-refractivity contribution is -0.156. The minimum Gasteiger partial charge on any atom is -0.496 e. The molecule has 0 saturated carbocycles. The first-order valence-electron chi connectivity index (χ1n) is 5.43. The van der Waals surface area contributed by atoms with E-state index in [1.165, 1.54) is 7.11 Å². The van der Waals surface area contributed by atoms with Crippen LogP contribution in [0.15, 0.2) is 18.2 Å². The van der Waals surface area contributed by atoms with E-state index in [9.17, 15) is 4.79 Å². The molecular weight excluding hydrogens is 236 g/mol. The van der Waals surface area contributed by atoms with Gasteiger partial charge in [-0.05, 0) is 13.8 Å². The molecular formula is C13H18O5. The van der Waals surface area contributed by atoms with Crippen LogP contribution in [0.25, 0.3) is 0 Å². The summed E-state index contributed by atoms with van der Waals surface area (Å²) in [5.74, 6) is 1.20. The second kappa shape index (κ2) is 5.62. The number of carbonyl (C=O) groups excluding carboxylic acids is 1. The number of rotatable bonds is 5. The third kappa shape index (κ3) is 3.29. The third-order valence-electron chi connectivity index (χ3n) is 2.37. The maximum absolute atomic E-state index is 11.5. The molecule has 0 aliphatic rings. The first kappa shape index (κ1) is 14.2. The van der Waals surface area contributed by atoms with Crippen molar-refractivity contribution in [3.8, 4) is 17.2 Å². The highest BCUT2D eigenvalue weighted by molar-refractivity contribution is 5.78. The Morgan fingerprint density at radius 1 is 0.944 bits per heavy atom. The van der Waals surface area contributed by atoms with Gasteiger partial charge >= 0.3 is 5.97 Å². The maximum atomic E-state index is 11.5. The molecule has 0 heterocycles. The smallest absolute Gasteiger partial charge is 0.349 e. The highest BCUT2D eigenvalue weighted by Crippen LogP contribution is 2.30. The standard InChI is InChI=1S/C13H18O5/c1-13(2,12(14)17-5)18-11-7-9(15-3)6-10(8-11)16-4/h6-8H,1-5H3. The Morgan fingerprint density at radius 2 is 1.39 bits per heavy atom. The zero-order valence-electron chi connectivity index (χ0n) is 11.3. The molecule has 1 rings (SSSR count). The SMILES string of the molecule is COC(=O)C(C)(C)Oc1cc(OC)cc(OC)c1. The Labute approximate surface area is 107 Å². The predicted molar refractivity (Wildman–Crippen MR) is 66.3 cm³/mol. The van der Waals surface area contributed by atoms with E-state index in [1.807, 2.05) is 0 Å². The van der Waals surface area contributed by atoms with Gasteiger partial charge in [0.05, 0.1) is 21.3 Å². The zero-order valence-corrected chi connectivity index (χ0v) is 11.3. The zero-order chi connectivity index (χ0) is 13.8. The molecule has 18 heavy (non-hydrogen) atoms. The summed E-state index contributed by atoms with van der Waals surface area (Å²) in [5.41, 5.74) is -1.08. The van der Waals surface area contributed by atoms with Gasteiger partial charge in [0.2, 0.25) is 0 Å². The first-order valence-corrected chi connectivity index (χ1v) is 5.43. The molecule has 1 aromatic rings. The summed E-state index contributed by atoms with van der Waals surface area (Å²) in [5, 5.41) is 0. The Balaban J connectivity index is 2.99. The average Bonchev–Trinajstić information content (AvgIpc) is 2.36. The molecule has 5 nitrogen and oxygen atoms in total. The molecule has 0 aromatic heterocycles. The Morgan fingerprint density at radius 3 is 1.78 bits per heavy atom. The van der Waals surface area contributed by atoms with Crippen LogP contribution in [0.2, 0.25) is 0 Å². The van der Waals surface area contributed by atoms with Gasteiger partial charge in [0, 0.05) is 18.2 Å². The van der Waals surface area contributed by atoms with E-state index < -0.39 is 11.6 Å². The van der Waals surface area contributed by atoms with E-state index in [4.69, 9.17) is 14.2 Å². The molecule has 5 heteroatoms. The summed E-state index contributed by atoms with van der Waals surface area (Å²) in [4.78, 5) is 11.5. The summed E-state index contributed by atoms with van der Waals surface area (Å²) < 4.78 is 20.5. The highest BCUT2D eigenvalue weighted by Gasteiger charge is 2.31. The number of benzene rings is 1. The number of hydrogen-bond acceptors (Lipinski definition) is 5. The van der Waals surface area contributed by atoms with Gasteiger partial charge in [-0.2, -0.15) is 0 Å². The van der Waals surface area contributed by atoms with Crippen LogP contribution < -0.4 is 14.2 Å². The van der Waals surface area contributed by atoms with Gasteiger partial charge in [-0.15, -0.1) is 0 Å². The van der Waals surface area contributed by atoms with Crippen LogP contribution in [0, 0.1) is 0 Å². The van der Waals surface area contributed by atoms with E-state index in [1.54, 1.807) is 46.3 Å². The van der Waals surface area contributed by atoms with Crippen molar-refractivity contribution >= 4 is 5.97 Å². The second-order valence-electron chi connectivity index (χ2n) is 4.15. The third-order valence-corrected chi connectivity index (χ3v) is 2.37. The normalized spacial score (nSPS) is 10.7. The summed E-state index contributed by atoms with van der Waals surface area (Å²) in [6.07, 6.45) is 0. The fourth-order valence-corrected chi connectivity index (χ4v) is 1.42. The van der Waals surface area contributed by atoms with E-state index in [2.05, 4.69) is 4.74 Å². The number of methoxy groups -OCH3 is 3. The summed E-state index contributed by atoms with van der Waals surface area (Å²) in [6.45, 7) is 3.26. The van der Waals surface area contributed by atoms with Gasteiger partial charge in [-0.1, -0.05) is 0 Å². The number of ether oxygens (including phenoxy) is 4. The average molecular weight is 254 g/mol. The molecule has 100 valence electrons. The first-order chi connectivity index (χ1) is 8.42. The highest BCUT2D eigenvalue weighted by atomic mass is 16.6. The summed E-state index contributed by atoms with van der Waals surface area (Å²) in [7, 11) is 4.41. The molecule has 0 atom stereocenters. The molecule has 0 bridgehead atoms. The molecule has 0 N–H and O–H groups in total. The van der Waals surface area contributed by atoms with Crippen molar-refractivity contribution in [2.75, 3.05) is 21.3 Å². The summed E-state index contributed by atoms with van der Waals surface area (Å²) >= 11 is 0. The van der Waals surface area contributed by atoms with Crippen LogP contribution in [0.4, 0.5) is 0 Å².